The molecule has 104 valence electrons. The Kier molecular flexibility index (Phi) is 5.44. The molecule has 1 aromatic carbocycles. The van der Waals surface area contributed by atoms with Gasteiger partial charge in [0.25, 0.3) is 0 Å². The van der Waals surface area contributed by atoms with Gasteiger partial charge in [0.2, 0.25) is 5.91 Å². The van der Waals surface area contributed by atoms with E-state index in [1.807, 2.05) is 0 Å². The Morgan fingerprint density at radius 3 is 2.16 bits per heavy atom. The summed E-state index contributed by atoms with van der Waals surface area (Å²) in [7, 11) is 0. The molecule has 0 radical (unpaired) electrons. The second-order valence-corrected chi connectivity index (χ2v) is 5.47. The molecule has 0 aliphatic carbocycles. The van der Waals surface area contributed by atoms with Gasteiger partial charge in [-0.05, 0) is 36.8 Å². The van der Waals surface area contributed by atoms with Gasteiger partial charge in [0.15, 0.2) is 0 Å². The first-order chi connectivity index (χ1) is 9.29. The van der Waals surface area contributed by atoms with Crippen LogP contribution in [0.25, 0.3) is 0 Å². The molecule has 0 atom stereocenters. The van der Waals surface area contributed by atoms with E-state index in [0.29, 0.717) is 12.3 Å². The Labute approximate surface area is 116 Å². The smallest absolute Gasteiger partial charge is 0.222 e. The van der Waals surface area contributed by atoms with Crippen LogP contribution in [-0.4, -0.2) is 23.9 Å². The minimum atomic E-state index is 0.335. The molecule has 0 saturated carbocycles. The van der Waals surface area contributed by atoms with Crippen LogP contribution in [0.15, 0.2) is 24.3 Å². The first kappa shape index (κ1) is 14.1. The number of benzene rings is 1. The van der Waals surface area contributed by atoms with E-state index in [0.717, 1.165) is 25.9 Å². The highest BCUT2D eigenvalue weighted by molar-refractivity contribution is 5.76. The number of rotatable bonds is 4. The van der Waals surface area contributed by atoms with Crippen LogP contribution >= 0.6 is 0 Å². The van der Waals surface area contributed by atoms with Gasteiger partial charge < -0.3 is 4.90 Å². The van der Waals surface area contributed by atoms with E-state index in [1.165, 1.54) is 36.8 Å². The van der Waals surface area contributed by atoms with Crippen molar-refractivity contribution in [2.45, 2.75) is 51.9 Å². The van der Waals surface area contributed by atoms with Gasteiger partial charge in [-0.25, -0.2) is 0 Å². The molecular formula is C17H25NO. The molecule has 1 heterocycles. The zero-order valence-corrected chi connectivity index (χ0v) is 12.0. The summed E-state index contributed by atoms with van der Waals surface area (Å²) in [5, 5.41) is 0. The number of hydrogen-bond acceptors (Lipinski definition) is 1. The summed E-state index contributed by atoms with van der Waals surface area (Å²) in [4.78, 5) is 14.2. The largest absolute Gasteiger partial charge is 0.343 e. The summed E-state index contributed by atoms with van der Waals surface area (Å²) in [6.45, 7) is 4.10. The Bertz CT molecular complexity index is 388. The number of amides is 1. The molecule has 0 aromatic heterocycles. The Morgan fingerprint density at radius 1 is 1.00 bits per heavy atom. The second-order valence-electron chi connectivity index (χ2n) is 5.47. The van der Waals surface area contributed by atoms with Crippen LogP contribution in [0.1, 0.15) is 50.2 Å². The predicted molar refractivity (Wildman–Crippen MR) is 79.2 cm³/mol. The maximum atomic E-state index is 12.2. The maximum absolute atomic E-state index is 12.2. The van der Waals surface area contributed by atoms with Gasteiger partial charge in [0.1, 0.15) is 0 Å². The van der Waals surface area contributed by atoms with Crippen LogP contribution in [0.4, 0.5) is 0 Å². The predicted octanol–water partition coefficient (Wildman–Crippen LogP) is 3.58. The zero-order chi connectivity index (χ0) is 13.5. The summed E-state index contributed by atoms with van der Waals surface area (Å²) < 4.78 is 0. The van der Waals surface area contributed by atoms with Crippen molar-refractivity contribution in [2.75, 3.05) is 13.1 Å². The first-order valence-electron chi connectivity index (χ1n) is 7.65. The summed E-state index contributed by atoms with van der Waals surface area (Å²) in [5.41, 5.74) is 2.64. The molecule has 0 N–H and O–H groups in total. The summed E-state index contributed by atoms with van der Waals surface area (Å²) in [6.07, 6.45) is 7.52. The van der Waals surface area contributed by atoms with Gasteiger partial charge in [-0.3, -0.25) is 4.79 Å². The third-order valence-corrected chi connectivity index (χ3v) is 4.02. The van der Waals surface area contributed by atoms with E-state index in [2.05, 4.69) is 36.1 Å². The van der Waals surface area contributed by atoms with E-state index in [1.54, 1.807) is 0 Å². The third-order valence-electron chi connectivity index (χ3n) is 4.02. The number of hydrogen-bond donors (Lipinski definition) is 0. The van der Waals surface area contributed by atoms with Gasteiger partial charge in [-0.15, -0.1) is 0 Å². The van der Waals surface area contributed by atoms with Crippen LogP contribution in [-0.2, 0) is 17.6 Å². The van der Waals surface area contributed by atoms with Crippen molar-refractivity contribution in [3.05, 3.63) is 35.4 Å². The van der Waals surface area contributed by atoms with Crippen molar-refractivity contribution in [1.29, 1.82) is 0 Å². The molecule has 0 bridgehead atoms. The summed E-state index contributed by atoms with van der Waals surface area (Å²) >= 11 is 0. The minimum absolute atomic E-state index is 0.335. The standard InChI is InChI=1S/C17H25NO/c1-2-15-7-9-16(10-8-15)11-12-17(19)18-13-5-3-4-6-14-18/h7-10H,2-6,11-14H2,1H3. The molecule has 19 heavy (non-hydrogen) atoms. The van der Waals surface area contributed by atoms with Crippen LogP contribution in [0.3, 0.4) is 0 Å². The molecule has 1 aliphatic rings. The number of aryl methyl sites for hydroxylation is 2. The van der Waals surface area contributed by atoms with Crippen molar-refractivity contribution in [2.24, 2.45) is 0 Å². The molecule has 1 aromatic rings. The quantitative estimate of drug-likeness (QED) is 0.809. The fourth-order valence-corrected chi connectivity index (χ4v) is 2.67. The molecule has 2 nitrogen and oxygen atoms in total. The summed E-state index contributed by atoms with van der Waals surface area (Å²) in [5.74, 6) is 0.335. The molecule has 2 rings (SSSR count). The molecule has 0 unspecified atom stereocenters. The Morgan fingerprint density at radius 2 is 1.58 bits per heavy atom. The Balaban J connectivity index is 1.81. The number of carbonyl (C=O) groups is 1. The number of nitrogens with zero attached hydrogens (tertiary/aromatic N) is 1. The van der Waals surface area contributed by atoms with Crippen molar-refractivity contribution in [3.8, 4) is 0 Å². The highest BCUT2D eigenvalue weighted by atomic mass is 16.2. The molecule has 0 spiro atoms. The summed E-state index contributed by atoms with van der Waals surface area (Å²) in [6, 6.07) is 8.67. The highest BCUT2D eigenvalue weighted by Gasteiger charge is 2.14. The number of carbonyl (C=O) groups excluding carboxylic acids is 1. The van der Waals surface area contributed by atoms with Crippen LogP contribution in [0, 0.1) is 0 Å². The lowest BCUT2D eigenvalue weighted by Crippen LogP contribution is -2.31. The third kappa shape index (κ3) is 4.38. The van der Waals surface area contributed by atoms with Crippen molar-refractivity contribution >= 4 is 5.91 Å². The number of likely N-dealkylation sites (tertiary alicyclic amines) is 1. The average Bonchev–Trinajstić information content (AvgIpc) is 2.74. The van der Waals surface area contributed by atoms with Gasteiger partial charge in [0.05, 0.1) is 0 Å². The lowest BCUT2D eigenvalue weighted by Gasteiger charge is -2.20. The second kappa shape index (κ2) is 7.32. The zero-order valence-electron chi connectivity index (χ0n) is 12.0. The van der Waals surface area contributed by atoms with Crippen LogP contribution in [0.5, 0.6) is 0 Å². The molecule has 2 heteroatoms. The topological polar surface area (TPSA) is 20.3 Å². The van der Waals surface area contributed by atoms with E-state index in [9.17, 15) is 4.79 Å². The van der Waals surface area contributed by atoms with Crippen LogP contribution < -0.4 is 0 Å². The van der Waals surface area contributed by atoms with Crippen LogP contribution in [0.2, 0.25) is 0 Å². The van der Waals surface area contributed by atoms with Gasteiger partial charge in [-0.2, -0.15) is 0 Å². The average molecular weight is 259 g/mol. The normalized spacial score (nSPS) is 16.2. The SMILES string of the molecule is CCc1ccc(CCC(=O)N2CCCCCC2)cc1. The van der Waals surface area contributed by atoms with E-state index in [-0.39, 0.29) is 0 Å². The van der Waals surface area contributed by atoms with Gasteiger partial charge >= 0.3 is 0 Å². The molecule has 1 amide bonds. The fourth-order valence-electron chi connectivity index (χ4n) is 2.67. The first-order valence-corrected chi connectivity index (χ1v) is 7.65. The molecule has 1 aliphatic heterocycles. The van der Waals surface area contributed by atoms with E-state index >= 15 is 0 Å². The van der Waals surface area contributed by atoms with E-state index in [4.69, 9.17) is 0 Å². The van der Waals surface area contributed by atoms with E-state index < -0.39 is 0 Å². The monoisotopic (exact) mass is 259 g/mol. The van der Waals surface area contributed by atoms with Gasteiger partial charge in [0, 0.05) is 19.5 Å². The van der Waals surface area contributed by atoms with Crippen molar-refractivity contribution in [3.63, 3.8) is 0 Å². The Hall–Kier alpha value is -1.31. The molecule has 1 saturated heterocycles. The minimum Gasteiger partial charge on any atom is -0.343 e. The lowest BCUT2D eigenvalue weighted by atomic mass is 10.1. The molecule has 1 fully saturated rings. The van der Waals surface area contributed by atoms with Crippen molar-refractivity contribution < 1.29 is 4.79 Å². The maximum Gasteiger partial charge on any atom is 0.222 e. The van der Waals surface area contributed by atoms with Gasteiger partial charge in [-0.1, -0.05) is 44.0 Å². The molecular weight excluding hydrogens is 234 g/mol. The lowest BCUT2D eigenvalue weighted by molar-refractivity contribution is -0.131. The fraction of sp³-hybridized carbons (Fsp3) is 0.588. The van der Waals surface area contributed by atoms with Crippen molar-refractivity contribution in [1.82, 2.24) is 4.90 Å². The highest BCUT2D eigenvalue weighted by Crippen LogP contribution is 2.13.